The molecule has 0 bridgehead atoms. The fourth-order valence-electron chi connectivity index (χ4n) is 2.35. The molecule has 2 N–H and O–H groups in total. The molecule has 1 aromatic carbocycles. The smallest absolute Gasteiger partial charge is 0.434 e. The van der Waals surface area contributed by atoms with Crippen LogP contribution in [-0.4, -0.2) is 34.8 Å². The van der Waals surface area contributed by atoms with Crippen LogP contribution in [0.15, 0.2) is 18.2 Å². The summed E-state index contributed by atoms with van der Waals surface area (Å²) < 4.78 is 72.1. The van der Waals surface area contributed by atoms with Crippen molar-refractivity contribution in [1.29, 1.82) is 0 Å². The van der Waals surface area contributed by atoms with Crippen LogP contribution in [0, 0.1) is 16.0 Å². The Hall–Kier alpha value is -2.91. The van der Waals surface area contributed by atoms with Crippen molar-refractivity contribution < 1.29 is 40.8 Å². The summed E-state index contributed by atoms with van der Waals surface area (Å²) in [7, 11) is -3.50. The molecule has 0 saturated heterocycles. The lowest BCUT2D eigenvalue weighted by Crippen LogP contribution is -2.31. The van der Waals surface area contributed by atoms with Gasteiger partial charge in [-0.1, -0.05) is 18.5 Å². The van der Waals surface area contributed by atoms with Crippen LogP contribution in [0.5, 0.6) is 17.4 Å². The minimum absolute atomic E-state index is 0.222. The van der Waals surface area contributed by atoms with Gasteiger partial charge in [0.2, 0.25) is 5.75 Å². The molecule has 0 amide bonds. The number of hydrogen-bond acceptors (Lipinski definition) is 8. The fraction of sp³-hybridized carbons (Fsp3) is 0.333. The number of nitro benzene ring substituents is 1. The molecule has 31 heavy (non-hydrogen) atoms. The van der Waals surface area contributed by atoms with Gasteiger partial charge in [-0.25, -0.2) is 13.6 Å². The maximum Gasteiger partial charge on any atom is 0.434 e. The van der Waals surface area contributed by atoms with Crippen molar-refractivity contribution in [3.63, 3.8) is 0 Å². The van der Waals surface area contributed by atoms with E-state index in [-0.39, 0.29) is 5.75 Å². The van der Waals surface area contributed by atoms with Crippen molar-refractivity contribution in [2.45, 2.75) is 13.1 Å². The highest BCUT2D eigenvalue weighted by atomic mass is 35.5. The first-order chi connectivity index (χ1) is 14.1. The molecule has 2 rings (SSSR count). The molecule has 0 aliphatic carbocycles. The van der Waals surface area contributed by atoms with E-state index in [1.165, 1.54) is 6.92 Å². The molecule has 0 aliphatic rings. The molecule has 1 heterocycles. The molecule has 0 spiro atoms. The summed E-state index contributed by atoms with van der Waals surface area (Å²) in [5.41, 5.74) is -1.84. The SMILES string of the molecule is CC(COc1cc(Oc2nn(C)c(C(F)(F)F)c2Cl)ccc1[N+](=O)[O-])C(=O)S(N)(=O)=O. The number of primary sulfonamides is 1. The van der Waals surface area contributed by atoms with E-state index in [9.17, 15) is 36.5 Å². The predicted molar refractivity (Wildman–Crippen MR) is 99.2 cm³/mol. The second-order valence-corrected chi connectivity index (χ2v) is 8.02. The first-order valence-electron chi connectivity index (χ1n) is 8.08. The lowest BCUT2D eigenvalue weighted by molar-refractivity contribution is -0.385. The van der Waals surface area contributed by atoms with Gasteiger partial charge in [0.1, 0.15) is 10.8 Å². The number of carbonyl (C=O) groups excluding carboxylic acids is 1. The fourth-order valence-corrected chi connectivity index (χ4v) is 3.28. The first kappa shape index (κ1) is 24.4. The molecule has 1 aromatic heterocycles. The number of aromatic nitrogens is 2. The van der Waals surface area contributed by atoms with Gasteiger partial charge in [0.05, 0.1) is 17.4 Å². The number of halogens is 4. The summed E-state index contributed by atoms with van der Waals surface area (Å²) in [5.74, 6) is -2.55. The Morgan fingerprint density at radius 2 is 2.03 bits per heavy atom. The van der Waals surface area contributed by atoms with Crippen LogP contribution in [0.1, 0.15) is 12.6 Å². The van der Waals surface area contributed by atoms with Gasteiger partial charge in [0.25, 0.3) is 21.0 Å². The van der Waals surface area contributed by atoms with Crippen LogP contribution >= 0.6 is 11.6 Å². The molecule has 0 radical (unpaired) electrons. The summed E-state index contributed by atoms with van der Waals surface area (Å²) in [6.07, 6.45) is -4.81. The molecule has 170 valence electrons. The number of rotatable bonds is 7. The number of nitro groups is 1. The van der Waals surface area contributed by atoms with Crippen molar-refractivity contribution in [2.75, 3.05) is 6.61 Å². The topological polar surface area (TPSA) is 157 Å². The van der Waals surface area contributed by atoms with Crippen LogP contribution < -0.4 is 14.6 Å². The number of alkyl halides is 3. The summed E-state index contributed by atoms with van der Waals surface area (Å²) in [4.78, 5) is 21.9. The molecular weight excluding hydrogens is 473 g/mol. The van der Waals surface area contributed by atoms with Crippen LogP contribution in [0.25, 0.3) is 0 Å². The number of ether oxygens (including phenoxy) is 2. The maximum atomic E-state index is 13.0. The van der Waals surface area contributed by atoms with E-state index >= 15 is 0 Å². The number of sulfonamides is 1. The van der Waals surface area contributed by atoms with Gasteiger partial charge in [-0.2, -0.15) is 13.2 Å². The molecule has 16 heteroatoms. The minimum Gasteiger partial charge on any atom is -0.486 e. The molecule has 1 unspecified atom stereocenters. The Morgan fingerprint density at radius 1 is 1.42 bits per heavy atom. The van der Waals surface area contributed by atoms with Crippen LogP contribution in [0.2, 0.25) is 5.02 Å². The molecule has 11 nitrogen and oxygen atoms in total. The van der Waals surface area contributed by atoms with E-state index in [1.807, 2.05) is 0 Å². The predicted octanol–water partition coefficient (Wildman–Crippen LogP) is 2.62. The third-order valence-corrected chi connectivity index (χ3v) is 5.05. The van der Waals surface area contributed by atoms with E-state index in [2.05, 4.69) is 5.10 Å². The van der Waals surface area contributed by atoms with Crippen molar-refractivity contribution in [2.24, 2.45) is 18.1 Å². The molecule has 2 aromatic rings. The molecular formula is C15H14ClF3N4O7S. The average Bonchev–Trinajstić information content (AvgIpc) is 2.91. The van der Waals surface area contributed by atoms with Crippen molar-refractivity contribution >= 4 is 32.4 Å². The number of benzene rings is 1. The van der Waals surface area contributed by atoms with Crippen molar-refractivity contribution in [3.8, 4) is 17.4 Å². The Kier molecular flexibility index (Phi) is 6.82. The monoisotopic (exact) mass is 486 g/mol. The zero-order valence-electron chi connectivity index (χ0n) is 15.7. The van der Waals surface area contributed by atoms with Gasteiger partial charge in [-0.05, 0) is 6.07 Å². The highest BCUT2D eigenvalue weighted by molar-refractivity contribution is 8.04. The summed E-state index contributed by atoms with van der Waals surface area (Å²) >= 11 is 5.69. The van der Waals surface area contributed by atoms with Gasteiger partial charge in [-0.3, -0.25) is 19.6 Å². The third-order valence-electron chi connectivity index (χ3n) is 3.74. The highest BCUT2D eigenvalue weighted by Crippen LogP contribution is 2.41. The zero-order valence-corrected chi connectivity index (χ0v) is 17.3. The summed E-state index contributed by atoms with van der Waals surface area (Å²) in [6.45, 7) is 0.577. The third kappa shape index (κ3) is 5.62. The lowest BCUT2D eigenvalue weighted by Gasteiger charge is -2.12. The molecule has 0 aliphatic heterocycles. The first-order valence-corrected chi connectivity index (χ1v) is 10.0. The molecule has 0 saturated carbocycles. The van der Waals surface area contributed by atoms with E-state index < -0.39 is 66.8 Å². The second-order valence-electron chi connectivity index (χ2n) is 6.15. The summed E-state index contributed by atoms with van der Waals surface area (Å²) in [6, 6.07) is 2.94. The van der Waals surface area contributed by atoms with Crippen LogP contribution in [-0.2, 0) is 28.0 Å². The van der Waals surface area contributed by atoms with Crippen LogP contribution in [0.4, 0.5) is 18.9 Å². The van der Waals surface area contributed by atoms with Gasteiger partial charge < -0.3 is 9.47 Å². The second kappa shape index (κ2) is 8.68. The van der Waals surface area contributed by atoms with Gasteiger partial charge in [-0.15, -0.1) is 5.10 Å². The average molecular weight is 487 g/mol. The lowest BCUT2D eigenvalue weighted by atomic mass is 10.2. The quantitative estimate of drug-likeness (QED) is 0.462. The van der Waals surface area contributed by atoms with Gasteiger partial charge in [0.15, 0.2) is 5.69 Å². The van der Waals surface area contributed by atoms with Gasteiger partial charge >= 0.3 is 11.9 Å². The molecule has 0 fully saturated rings. The number of aryl methyl sites for hydroxylation is 1. The number of nitrogens with two attached hydrogens (primary N) is 1. The Labute approximate surface area is 177 Å². The standard InChI is InChI=1S/C15H14ClF3N4O7S/c1-7(14(24)31(20,27)28)6-29-10-5-8(3-4-9(10)23(25)26)30-13-11(16)12(15(17,18)19)22(2)21-13/h3-5,7H,6H2,1-2H3,(H2,20,27,28). The van der Waals surface area contributed by atoms with Crippen molar-refractivity contribution in [3.05, 3.63) is 39.0 Å². The number of carbonyl (C=O) groups is 1. The molecule has 1 atom stereocenters. The van der Waals surface area contributed by atoms with E-state index in [4.69, 9.17) is 26.2 Å². The van der Waals surface area contributed by atoms with E-state index in [1.54, 1.807) is 0 Å². The summed E-state index contributed by atoms with van der Waals surface area (Å²) in [5, 5.41) is 17.3. The number of hydrogen-bond donors (Lipinski definition) is 1. The largest absolute Gasteiger partial charge is 0.486 e. The maximum absolute atomic E-state index is 13.0. The van der Waals surface area contributed by atoms with Crippen molar-refractivity contribution in [1.82, 2.24) is 9.78 Å². The van der Waals surface area contributed by atoms with E-state index in [0.29, 0.717) is 4.68 Å². The zero-order chi connectivity index (χ0) is 23.7. The Balaban J connectivity index is 2.32. The normalized spacial score (nSPS) is 13.0. The minimum atomic E-state index is -4.81. The highest BCUT2D eigenvalue weighted by Gasteiger charge is 2.39. The van der Waals surface area contributed by atoms with E-state index in [0.717, 1.165) is 25.2 Å². The van der Waals surface area contributed by atoms with Gasteiger partial charge in [0, 0.05) is 19.2 Å². The Morgan fingerprint density at radius 3 is 2.52 bits per heavy atom. The number of nitrogens with zero attached hydrogens (tertiary/aromatic N) is 3. The van der Waals surface area contributed by atoms with Crippen LogP contribution in [0.3, 0.4) is 0 Å². The Bertz CT molecular complexity index is 1130.